The van der Waals surface area contributed by atoms with Gasteiger partial charge in [-0.15, -0.1) is 11.3 Å². The molecule has 0 aliphatic rings. The predicted octanol–water partition coefficient (Wildman–Crippen LogP) is 6.40. The Hall–Kier alpha value is -3.77. The second-order valence-electron chi connectivity index (χ2n) is 7.13. The summed E-state index contributed by atoms with van der Waals surface area (Å²) in [6, 6.07) is 25.1. The lowest BCUT2D eigenvalue weighted by molar-refractivity contribution is 0.602. The molecule has 31 heavy (non-hydrogen) atoms. The van der Waals surface area contributed by atoms with Crippen molar-refractivity contribution in [2.45, 2.75) is 6.54 Å². The first-order valence-corrected chi connectivity index (χ1v) is 10.8. The number of hydrazone groups is 1. The molecule has 0 fully saturated rings. The molecule has 0 unspecified atom stereocenters. The number of benzene rings is 3. The number of nitrogens with one attached hydrogen (secondary N) is 1. The summed E-state index contributed by atoms with van der Waals surface area (Å²) in [6.45, 7) is 0.499. The third-order valence-electron chi connectivity index (χ3n) is 5.04. The van der Waals surface area contributed by atoms with E-state index in [2.05, 4.69) is 21.6 Å². The van der Waals surface area contributed by atoms with E-state index in [4.69, 9.17) is 0 Å². The maximum absolute atomic E-state index is 14.0. The van der Waals surface area contributed by atoms with Crippen LogP contribution in [0.15, 0.2) is 95.5 Å². The zero-order valence-electron chi connectivity index (χ0n) is 16.6. The van der Waals surface area contributed by atoms with Crippen molar-refractivity contribution in [3.8, 4) is 11.3 Å². The Morgan fingerprint density at radius 2 is 1.84 bits per heavy atom. The van der Waals surface area contributed by atoms with Crippen molar-refractivity contribution < 1.29 is 4.39 Å². The Kier molecular flexibility index (Phi) is 5.29. The van der Waals surface area contributed by atoms with Crippen molar-refractivity contribution in [1.29, 1.82) is 0 Å². The lowest BCUT2D eigenvalue weighted by Crippen LogP contribution is -2.00. The van der Waals surface area contributed by atoms with Crippen LogP contribution in [0.1, 0.15) is 11.1 Å². The van der Waals surface area contributed by atoms with Gasteiger partial charge in [-0.05, 0) is 29.8 Å². The minimum absolute atomic E-state index is 0.184. The predicted molar refractivity (Wildman–Crippen MR) is 126 cm³/mol. The van der Waals surface area contributed by atoms with Crippen molar-refractivity contribution in [3.63, 3.8) is 0 Å². The first-order valence-electron chi connectivity index (χ1n) is 9.88. The first kappa shape index (κ1) is 19.2. The molecule has 152 valence electrons. The van der Waals surface area contributed by atoms with Crippen LogP contribution in [0.5, 0.6) is 0 Å². The number of thiazole rings is 1. The molecule has 5 rings (SSSR count). The van der Waals surface area contributed by atoms with E-state index in [9.17, 15) is 4.39 Å². The molecule has 0 aliphatic heterocycles. The van der Waals surface area contributed by atoms with Gasteiger partial charge >= 0.3 is 0 Å². The van der Waals surface area contributed by atoms with Crippen LogP contribution in [-0.2, 0) is 6.54 Å². The number of hydrogen-bond acceptors (Lipinski definition) is 4. The second kappa shape index (κ2) is 8.53. The number of nitrogens with zero attached hydrogens (tertiary/aromatic N) is 3. The summed E-state index contributed by atoms with van der Waals surface area (Å²) in [6.07, 6.45) is 3.76. The van der Waals surface area contributed by atoms with Gasteiger partial charge in [-0.25, -0.2) is 9.37 Å². The Morgan fingerprint density at radius 1 is 1.00 bits per heavy atom. The van der Waals surface area contributed by atoms with Crippen LogP contribution in [0.3, 0.4) is 0 Å². The van der Waals surface area contributed by atoms with Crippen molar-refractivity contribution in [2.75, 3.05) is 5.43 Å². The number of rotatable bonds is 6. The Labute approximate surface area is 183 Å². The largest absolute Gasteiger partial charge is 0.343 e. The fourth-order valence-electron chi connectivity index (χ4n) is 3.48. The van der Waals surface area contributed by atoms with Crippen LogP contribution in [0, 0.1) is 5.82 Å². The van der Waals surface area contributed by atoms with Crippen molar-refractivity contribution in [2.24, 2.45) is 5.10 Å². The van der Waals surface area contributed by atoms with E-state index >= 15 is 0 Å². The van der Waals surface area contributed by atoms with Crippen LogP contribution < -0.4 is 5.43 Å². The summed E-state index contributed by atoms with van der Waals surface area (Å²) in [5.41, 5.74) is 7.73. The second-order valence-corrected chi connectivity index (χ2v) is 7.99. The number of halogens is 1. The van der Waals surface area contributed by atoms with E-state index in [1.54, 1.807) is 12.3 Å². The van der Waals surface area contributed by atoms with Crippen LogP contribution in [-0.4, -0.2) is 15.8 Å². The Balaban J connectivity index is 1.29. The average Bonchev–Trinajstić information content (AvgIpc) is 3.43. The van der Waals surface area contributed by atoms with Gasteiger partial charge in [-0.1, -0.05) is 54.6 Å². The molecule has 0 aliphatic carbocycles. The summed E-state index contributed by atoms with van der Waals surface area (Å²) >= 11 is 1.52. The molecule has 5 aromatic rings. The van der Waals surface area contributed by atoms with E-state index in [-0.39, 0.29) is 5.82 Å². The molecule has 2 aromatic heterocycles. The summed E-state index contributed by atoms with van der Waals surface area (Å²) in [5.74, 6) is -0.184. The smallest absolute Gasteiger partial charge is 0.203 e. The topological polar surface area (TPSA) is 42.2 Å². The average molecular weight is 427 g/mol. The third kappa shape index (κ3) is 4.25. The normalized spacial score (nSPS) is 11.4. The summed E-state index contributed by atoms with van der Waals surface area (Å²) < 4.78 is 16.0. The zero-order chi connectivity index (χ0) is 21.0. The van der Waals surface area contributed by atoms with E-state index < -0.39 is 0 Å². The minimum atomic E-state index is -0.184. The van der Waals surface area contributed by atoms with Gasteiger partial charge in [0, 0.05) is 33.6 Å². The maximum atomic E-state index is 14.0. The third-order valence-corrected chi connectivity index (χ3v) is 5.79. The molecular weight excluding hydrogens is 407 g/mol. The highest BCUT2D eigenvalue weighted by molar-refractivity contribution is 7.14. The van der Waals surface area contributed by atoms with Gasteiger partial charge in [0.2, 0.25) is 5.13 Å². The molecule has 3 aromatic carbocycles. The number of fused-ring (bicyclic) bond motifs is 1. The molecular formula is C25H19FN4S. The van der Waals surface area contributed by atoms with Crippen molar-refractivity contribution in [1.82, 2.24) is 9.55 Å². The molecule has 2 heterocycles. The fraction of sp³-hybridized carbons (Fsp3) is 0.0400. The molecule has 0 spiro atoms. The number of anilines is 1. The highest BCUT2D eigenvalue weighted by Gasteiger charge is 2.06. The number of hydrogen-bond donors (Lipinski definition) is 1. The monoisotopic (exact) mass is 426 g/mol. The van der Waals surface area contributed by atoms with Crippen molar-refractivity contribution in [3.05, 3.63) is 107 Å². The highest BCUT2D eigenvalue weighted by atomic mass is 32.1. The molecule has 0 saturated carbocycles. The van der Waals surface area contributed by atoms with E-state index in [0.29, 0.717) is 12.1 Å². The molecule has 4 nitrogen and oxygen atoms in total. The molecule has 0 saturated heterocycles. The molecule has 1 N–H and O–H groups in total. The fourth-order valence-corrected chi connectivity index (χ4v) is 4.14. The lowest BCUT2D eigenvalue weighted by Gasteiger charge is -2.07. The van der Waals surface area contributed by atoms with Crippen molar-refractivity contribution >= 4 is 33.6 Å². The summed E-state index contributed by atoms with van der Waals surface area (Å²) in [7, 11) is 0. The first-order chi connectivity index (χ1) is 15.3. The van der Waals surface area contributed by atoms with Gasteiger partial charge < -0.3 is 4.57 Å². The van der Waals surface area contributed by atoms with Crippen LogP contribution in [0.4, 0.5) is 9.52 Å². The van der Waals surface area contributed by atoms with Crippen LogP contribution >= 0.6 is 11.3 Å². The minimum Gasteiger partial charge on any atom is -0.343 e. The molecule has 0 amide bonds. The van der Waals surface area contributed by atoms with Crippen LogP contribution in [0.25, 0.3) is 22.2 Å². The summed E-state index contributed by atoms with van der Waals surface area (Å²) in [5, 5.41) is 8.17. The lowest BCUT2D eigenvalue weighted by atomic mass is 10.1. The van der Waals surface area contributed by atoms with E-state index in [1.807, 2.05) is 76.8 Å². The quantitative estimate of drug-likeness (QED) is 0.252. The van der Waals surface area contributed by atoms with Gasteiger partial charge in [-0.2, -0.15) is 5.10 Å². The molecule has 0 bridgehead atoms. The van der Waals surface area contributed by atoms with Gasteiger partial charge in [0.25, 0.3) is 0 Å². The maximum Gasteiger partial charge on any atom is 0.203 e. The highest BCUT2D eigenvalue weighted by Crippen LogP contribution is 2.24. The molecule has 0 atom stereocenters. The van der Waals surface area contributed by atoms with E-state index in [0.717, 1.165) is 32.9 Å². The number of aromatic nitrogens is 2. The van der Waals surface area contributed by atoms with E-state index in [1.165, 1.54) is 17.4 Å². The summed E-state index contributed by atoms with van der Waals surface area (Å²) in [4.78, 5) is 4.57. The van der Waals surface area contributed by atoms with Gasteiger partial charge in [0.05, 0.1) is 18.5 Å². The Bertz CT molecular complexity index is 1350. The SMILES string of the molecule is Fc1ccccc1Cn1ccc2cc(C=NNc3nc(-c4ccccc4)cs3)ccc21. The van der Waals surface area contributed by atoms with Gasteiger partial charge in [-0.3, -0.25) is 5.43 Å². The van der Waals surface area contributed by atoms with Crippen LogP contribution in [0.2, 0.25) is 0 Å². The molecule has 6 heteroatoms. The standard InChI is InChI=1S/C25H19FN4S/c26-22-9-5-4-8-21(22)16-30-13-12-20-14-18(10-11-24(20)30)15-27-29-25-28-23(17-31-25)19-6-2-1-3-7-19/h1-15,17H,16H2,(H,28,29). The Morgan fingerprint density at radius 3 is 2.71 bits per heavy atom. The zero-order valence-corrected chi connectivity index (χ0v) is 17.4. The van der Waals surface area contributed by atoms with Gasteiger partial charge in [0.15, 0.2) is 0 Å². The van der Waals surface area contributed by atoms with Gasteiger partial charge in [0.1, 0.15) is 5.82 Å². The molecule has 0 radical (unpaired) electrons.